The molecular weight excluding hydrogens is 266 g/mol. The van der Waals surface area contributed by atoms with E-state index in [4.69, 9.17) is 5.11 Å². The summed E-state index contributed by atoms with van der Waals surface area (Å²) in [4.78, 5) is 0. The van der Waals surface area contributed by atoms with Gasteiger partial charge in [-0.1, -0.05) is 18.2 Å². The van der Waals surface area contributed by atoms with Crippen LogP contribution in [0.3, 0.4) is 0 Å². The summed E-state index contributed by atoms with van der Waals surface area (Å²) in [6.45, 7) is -3.47. The van der Waals surface area contributed by atoms with Gasteiger partial charge < -0.3 is 15.2 Å². The van der Waals surface area contributed by atoms with Gasteiger partial charge in [-0.05, 0) is 13.0 Å². The van der Waals surface area contributed by atoms with E-state index in [1.54, 1.807) is 13.0 Å². The van der Waals surface area contributed by atoms with Crippen LogP contribution >= 0.6 is 0 Å². The van der Waals surface area contributed by atoms with E-state index in [0.717, 1.165) is 0 Å². The lowest BCUT2D eigenvalue weighted by atomic mass is 10.1. The standard InChI is InChI=1S/C12H15F4NO2/c1-8(17-6-12(15,16)7-18)9-4-2-3-5-10(9)19-11(13)14/h2-5,8,11,17-18H,6-7H2,1H3. The van der Waals surface area contributed by atoms with Crippen LogP contribution in [0.15, 0.2) is 24.3 Å². The fourth-order valence-electron chi connectivity index (χ4n) is 1.51. The Morgan fingerprint density at radius 3 is 2.53 bits per heavy atom. The van der Waals surface area contributed by atoms with Crippen molar-refractivity contribution in [3.05, 3.63) is 29.8 Å². The number of benzene rings is 1. The van der Waals surface area contributed by atoms with E-state index in [1.165, 1.54) is 18.2 Å². The number of aliphatic hydroxyl groups excluding tert-OH is 1. The molecule has 1 aromatic rings. The minimum Gasteiger partial charge on any atom is -0.434 e. The monoisotopic (exact) mass is 281 g/mol. The molecule has 19 heavy (non-hydrogen) atoms. The topological polar surface area (TPSA) is 41.5 Å². The number of nitrogens with one attached hydrogen (secondary N) is 1. The van der Waals surface area contributed by atoms with Crippen molar-refractivity contribution in [3.63, 3.8) is 0 Å². The van der Waals surface area contributed by atoms with E-state index in [-0.39, 0.29) is 5.75 Å². The molecule has 1 rings (SSSR count). The molecule has 7 heteroatoms. The average molecular weight is 281 g/mol. The van der Waals surface area contributed by atoms with E-state index < -0.39 is 31.7 Å². The molecule has 0 saturated carbocycles. The lowest BCUT2D eigenvalue weighted by Crippen LogP contribution is -2.37. The van der Waals surface area contributed by atoms with Gasteiger partial charge in [0.05, 0.1) is 6.54 Å². The van der Waals surface area contributed by atoms with Gasteiger partial charge in [-0.2, -0.15) is 8.78 Å². The van der Waals surface area contributed by atoms with Crippen molar-refractivity contribution in [2.45, 2.75) is 25.5 Å². The minimum absolute atomic E-state index is 0.0650. The third-order valence-electron chi connectivity index (χ3n) is 2.50. The minimum atomic E-state index is -3.26. The third kappa shape index (κ3) is 5.04. The lowest BCUT2D eigenvalue weighted by molar-refractivity contribution is -0.0530. The number of halogens is 4. The predicted molar refractivity (Wildman–Crippen MR) is 61.5 cm³/mol. The van der Waals surface area contributed by atoms with E-state index in [1.807, 2.05) is 0 Å². The number of para-hydroxylation sites is 1. The fraction of sp³-hybridized carbons (Fsp3) is 0.500. The molecule has 0 aliphatic rings. The smallest absolute Gasteiger partial charge is 0.387 e. The molecular formula is C12H15F4NO2. The van der Waals surface area contributed by atoms with Crippen LogP contribution in [0.5, 0.6) is 5.75 Å². The normalized spacial score (nSPS) is 13.6. The number of aliphatic hydroxyl groups is 1. The average Bonchev–Trinajstić information content (AvgIpc) is 2.36. The number of alkyl halides is 4. The van der Waals surface area contributed by atoms with Gasteiger partial charge >= 0.3 is 6.61 Å². The molecule has 0 bridgehead atoms. The van der Waals surface area contributed by atoms with Crippen LogP contribution in [0.1, 0.15) is 18.5 Å². The van der Waals surface area contributed by atoms with Gasteiger partial charge in [-0.15, -0.1) is 0 Å². The first-order valence-electron chi connectivity index (χ1n) is 5.61. The highest BCUT2D eigenvalue weighted by molar-refractivity contribution is 5.35. The van der Waals surface area contributed by atoms with Crippen LogP contribution in [-0.2, 0) is 0 Å². The van der Waals surface area contributed by atoms with Crippen molar-refractivity contribution in [2.24, 2.45) is 0 Å². The Labute approximate surface area is 108 Å². The molecule has 0 aliphatic carbocycles. The maximum Gasteiger partial charge on any atom is 0.387 e. The summed E-state index contributed by atoms with van der Waals surface area (Å²) >= 11 is 0. The first-order valence-corrected chi connectivity index (χ1v) is 5.61. The highest BCUT2D eigenvalue weighted by Gasteiger charge is 2.28. The molecule has 0 spiro atoms. The molecule has 2 N–H and O–H groups in total. The molecule has 0 saturated heterocycles. The van der Waals surface area contributed by atoms with Crippen molar-refractivity contribution >= 4 is 0 Å². The lowest BCUT2D eigenvalue weighted by Gasteiger charge is -2.21. The van der Waals surface area contributed by atoms with Crippen molar-refractivity contribution in [3.8, 4) is 5.75 Å². The summed E-state index contributed by atoms with van der Waals surface area (Å²) in [5.74, 6) is -3.32. The van der Waals surface area contributed by atoms with Crippen LogP contribution in [-0.4, -0.2) is 30.8 Å². The third-order valence-corrected chi connectivity index (χ3v) is 2.50. The Bertz CT molecular complexity index is 401. The van der Waals surface area contributed by atoms with E-state index >= 15 is 0 Å². The van der Waals surface area contributed by atoms with Gasteiger partial charge in [0.15, 0.2) is 0 Å². The van der Waals surface area contributed by atoms with Gasteiger partial charge in [-0.3, -0.25) is 0 Å². The first kappa shape index (κ1) is 15.7. The summed E-state index contributed by atoms with van der Waals surface area (Å²) in [5.41, 5.74) is 0.344. The number of hydrogen-bond donors (Lipinski definition) is 2. The Balaban J connectivity index is 2.73. The molecule has 0 radical (unpaired) electrons. The molecule has 0 amide bonds. The summed E-state index contributed by atoms with van der Waals surface area (Å²) in [6.07, 6.45) is 0. The Kier molecular flexibility index (Phi) is 5.56. The highest BCUT2D eigenvalue weighted by atomic mass is 19.3. The molecule has 1 unspecified atom stereocenters. The summed E-state index contributed by atoms with van der Waals surface area (Å²) in [6, 6.07) is 5.33. The summed E-state index contributed by atoms with van der Waals surface area (Å²) in [7, 11) is 0. The Morgan fingerprint density at radius 2 is 1.95 bits per heavy atom. The summed E-state index contributed by atoms with van der Waals surface area (Å²) < 4.78 is 54.5. The second-order valence-corrected chi connectivity index (χ2v) is 4.03. The van der Waals surface area contributed by atoms with Gasteiger partial charge in [-0.25, -0.2) is 8.78 Å². The number of ether oxygens (including phenoxy) is 1. The van der Waals surface area contributed by atoms with E-state index in [0.29, 0.717) is 5.56 Å². The SMILES string of the molecule is CC(NCC(F)(F)CO)c1ccccc1OC(F)F. The first-order chi connectivity index (χ1) is 8.85. The van der Waals surface area contributed by atoms with Gasteiger partial charge in [0.2, 0.25) is 0 Å². The summed E-state index contributed by atoms with van der Waals surface area (Å²) in [5, 5.41) is 10.9. The van der Waals surface area contributed by atoms with Crippen molar-refractivity contribution in [1.82, 2.24) is 5.32 Å². The van der Waals surface area contributed by atoms with Gasteiger partial charge in [0.25, 0.3) is 5.92 Å². The van der Waals surface area contributed by atoms with Crippen LogP contribution in [0, 0.1) is 0 Å². The highest BCUT2D eigenvalue weighted by Crippen LogP contribution is 2.26. The maximum absolute atomic E-state index is 12.9. The Morgan fingerprint density at radius 1 is 1.32 bits per heavy atom. The molecule has 1 atom stereocenters. The van der Waals surface area contributed by atoms with Gasteiger partial charge in [0, 0.05) is 11.6 Å². The molecule has 0 aliphatic heterocycles. The molecule has 0 heterocycles. The Hall–Kier alpha value is -1.34. The number of hydrogen-bond acceptors (Lipinski definition) is 3. The van der Waals surface area contributed by atoms with Crippen molar-refractivity contribution in [1.29, 1.82) is 0 Å². The van der Waals surface area contributed by atoms with Crippen LogP contribution in [0.4, 0.5) is 17.6 Å². The van der Waals surface area contributed by atoms with E-state index in [2.05, 4.69) is 10.1 Å². The largest absolute Gasteiger partial charge is 0.434 e. The zero-order chi connectivity index (χ0) is 14.5. The molecule has 3 nitrogen and oxygen atoms in total. The van der Waals surface area contributed by atoms with Crippen LogP contribution in [0.2, 0.25) is 0 Å². The zero-order valence-corrected chi connectivity index (χ0v) is 10.2. The van der Waals surface area contributed by atoms with Gasteiger partial charge in [0.1, 0.15) is 12.4 Å². The maximum atomic E-state index is 12.9. The van der Waals surface area contributed by atoms with E-state index in [9.17, 15) is 17.6 Å². The van der Waals surface area contributed by atoms with Crippen molar-refractivity contribution < 1.29 is 27.4 Å². The predicted octanol–water partition coefficient (Wildman–Crippen LogP) is 2.57. The molecule has 1 aromatic carbocycles. The zero-order valence-electron chi connectivity index (χ0n) is 10.2. The molecule has 0 fully saturated rings. The second kappa shape index (κ2) is 6.72. The fourth-order valence-corrected chi connectivity index (χ4v) is 1.51. The molecule has 108 valence electrons. The number of rotatable bonds is 7. The second-order valence-electron chi connectivity index (χ2n) is 4.03. The van der Waals surface area contributed by atoms with Crippen molar-refractivity contribution in [2.75, 3.05) is 13.2 Å². The van der Waals surface area contributed by atoms with Crippen LogP contribution < -0.4 is 10.1 Å². The quantitative estimate of drug-likeness (QED) is 0.755. The van der Waals surface area contributed by atoms with Crippen LogP contribution in [0.25, 0.3) is 0 Å². The molecule has 0 aromatic heterocycles.